The summed E-state index contributed by atoms with van der Waals surface area (Å²) in [5, 5.41) is 5.77. The summed E-state index contributed by atoms with van der Waals surface area (Å²) in [6, 6.07) is 15.6. The number of benzene rings is 2. The third kappa shape index (κ3) is 5.59. The maximum Gasteiger partial charge on any atom is 0.234 e. The van der Waals surface area contributed by atoms with Gasteiger partial charge in [-0.15, -0.1) is 11.8 Å². The van der Waals surface area contributed by atoms with Gasteiger partial charge in [0.05, 0.1) is 17.5 Å². The van der Waals surface area contributed by atoms with E-state index in [1.54, 1.807) is 0 Å². The molecule has 0 radical (unpaired) electrons. The lowest BCUT2D eigenvalue weighted by Crippen LogP contribution is -2.31. The fourth-order valence-corrected chi connectivity index (χ4v) is 3.37. The minimum Gasteiger partial charge on any atom is -0.348 e. The Bertz CT molecular complexity index is 748. The summed E-state index contributed by atoms with van der Waals surface area (Å²) in [6.07, 6.45) is 2.26. The highest BCUT2D eigenvalue weighted by molar-refractivity contribution is 8.00. The fraction of sp³-hybridized carbons (Fsp3) is 0.300. The van der Waals surface area contributed by atoms with Crippen molar-refractivity contribution in [2.75, 3.05) is 16.8 Å². The summed E-state index contributed by atoms with van der Waals surface area (Å²) >= 11 is 1.26. The van der Waals surface area contributed by atoms with E-state index in [4.69, 9.17) is 0 Å². The summed E-state index contributed by atoms with van der Waals surface area (Å²) in [5.41, 5.74) is 1.67. The third-order valence-corrected chi connectivity index (χ3v) is 5.10. The highest BCUT2D eigenvalue weighted by Gasteiger charge is 2.33. The van der Waals surface area contributed by atoms with Gasteiger partial charge in [-0.25, -0.2) is 4.39 Å². The van der Waals surface area contributed by atoms with Gasteiger partial charge in [-0.3, -0.25) is 9.59 Å². The first kappa shape index (κ1) is 18.5. The zero-order chi connectivity index (χ0) is 18.4. The van der Waals surface area contributed by atoms with E-state index in [9.17, 15) is 14.0 Å². The Morgan fingerprint density at radius 2 is 1.65 bits per heavy atom. The molecule has 3 rings (SSSR count). The van der Waals surface area contributed by atoms with Crippen LogP contribution in [0.3, 0.4) is 0 Å². The maximum absolute atomic E-state index is 12.8. The van der Waals surface area contributed by atoms with E-state index in [0.29, 0.717) is 11.6 Å². The van der Waals surface area contributed by atoms with Crippen molar-refractivity contribution in [1.29, 1.82) is 0 Å². The molecule has 2 aromatic carbocycles. The van der Waals surface area contributed by atoms with Gasteiger partial charge in [-0.2, -0.15) is 0 Å². The van der Waals surface area contributed by atoms with Gasteiger partial charge in [-0.05, 0) is 48.6 Å². The molecule has 2 N–H and O–H groups in total. The van der Waals surface area contributed by atoms with Crippen LogP contribution in [-0.2, 0) is 9.59 Å². The lowest BCUT2D eigenvalue weighted by atomic mass is 10.0. The number of halogens is 1. The number of hydrogen-bond donors (Lipinski definition) is 2. The standard InChI is InChI=1S/C20H21FN2O2S/c21-16-8-10-17(11-9-16)22-18(24)12-26-13-19(25)23-20(15-6-7-15)14-4-2-1-3-5-14/h1-5,8-11,15,20H,6-7,12-13H2,(H,22,24)(H,23,25). The second kappa shape index (κ2) is 8.85. The number of anilines is 1. The molecule has 1 aliphatic carbocycles. The van der Waals surface area contributed by atoms with E-state index in [1.165, 1.54) is 36.0 Å². The molecular formula is C20H21FN2O2S. The first-order chi connectivity index (χ1) is 12.6. The quantitative estimate of drug-likeness (QED) is 0.742. The lowest BCUT2D eigenvalue weighted by Gasteiger charge is -2.18. The van der Waals surface area contributed by atoms with Crippen molar-refractivity contribution >= 4 is 29.3 Å². The molecule has 0 bridgehead atoms. The van der Waals surface area contributed by atoms with Crippen molar-refractivity contribution in [2.45, 2.75) is 18.9 Å². The molecule has 0 spiro atoms. The zero-order valence-electron chi connectivity index (χ0n) is 14.3. The van der Waals surface area contributed by atoms with Crippen LogP contribution in [0.1, 0.15) is 24.4 Å². The molecule has 4 nitrogen and oxygen atoms in total. The third-order valence-electron chi connectivity index (χ3n) is 4.16. The number of carbonyl (C=O) groups excluding carboxylic acids is 2. The van der Waals surface area contributed by atoms with Gasteiger partial charge in [0.25, 0.3) is 0 Å². The van der Waals surface area contributed by atoms with E-state index in [-0.39, 0.29) is 35.2 Å². The van der Waals surface area contributed by atoms with E-state index >= 15 is 0 Å². The molecule has 0 aliphatic heterocycles. The van der Waals surface area contributed by atoms with Crippen molar-refractivity contribution in [2.24, 2.45) is 5.92 Å². The monoisotopic (exact) mass is 372 g/mol. The molecule has 1 atom stereocenters. The molecular weight excluding hydrogens is 351 g/mol. The molecule has 1 unspecified atom stereocenters. The van der Waals surface area contributed by atoms with E-state index < -0.39 is 0 Å². The fourth-order valence-electron chi connectivity index (χ4n) is 2.75. The van der Waals surface area contributed by atoms with Crippen molar-refractivity contribution in [3.8, 4) is 0 Å². The molecule has 0 heterocycles. The van der Waals surface area contributed by atoms with Gasteiger partial charge >= 0.3 is 0 Å². The van der Waals surface area contributed by atoms with Crippen LogP contribution in [-0.4, -0.2) is 23.3 Å². The molecule has 136 valence electrons. The Balaban J connectivity index is 1.42. The minimum atomic E-state index is -0.349. The Hall–Kier alpha value is -2.34. The van der Waals surface area contributed by atoms with Crippen molar-refractivity contribution in [3.05, 3.63) is 66.0 Å². The second-order valence-corrected chi connectivity index (χ2v) is 7.33. The van der Waals surface area contributed by atoms with E-state index in [2.05, 4.69) is 10.6 Å². The lowest BCUT2D eigenvalue weighted by molar-refractivity contribution is -0.119. The predicted octanol–water partition coefficient (Wildman–Crippen LogP) is 3.76. The van der Waals surface area contributed by atoms with Crippen molar-refractivity contribution < 1.29 is 14.0 Å². The van der Waals surface area contributed by atoms with Crippen LogP contribution in [0.15, 0.2) is 54.6 Å². The van der Waals surface area contributed by atoms with Crippen LogP contribution in [0, 0.1) is 11.7 Å². The van der Waals surface area contributed by atoms with Gasteiger partial charge < -0.3 is 10.6 Å². The number of carbonyl (C=O) groups is 2. The Kier molecular flexibility index (Phi) is 6.28. The first-order valence-corrected chi connectivity index (χ1v) is 9.75. The summed E-state index contributed by atoms with van der Waals surface area (Å²) in [5.74, 6) is 0.282. The van der Waals surface area contributed by atoms with E-state index in [0.717, 1.165) is 18.4 Å². The van der Waals surface area contributed by atoms with Crippen LogP contribution < -0.4 is 10.6 Å². The van der Waals surface area contributed by atoms with Crippen LogP contribution in [0.4, 0.5) is 10.1 Å². The van der Waals surface area contributed by atoms with Crippen LogP contribution >= 0.6 is 11.8 Å². The number of thioether (sulfide) groups is 1. The average Bonchev–Trinajstić information content (AvgIpc) is 3.47. The smallest absolute Gasteiger partial charge is 0.234 e. The number of nitrogens with one attached hydrogen (secondary N) is 2. The normalized spacial score (nSPS) is 14.5. The Morgan fingerprint density at radius 1 is 1.00 bits per heavy atom. The number of hydrogen-bond acceptors (Lipinski definition) is 3. The highest BCUT2D eigenvalue weighted by Crippen LogP contribution is 2.40. The summed E-state index contributed by atoms with van der Waals surface area (Å²) in [6.45, 7) is 0. The van der Waals surface area contributed by atoms with Gasteiger partial charge in [-0.1, -0.05) is 30.3 Å². The van der Waals surface area contributed by atoms with Crippen LogP contribution in [0.2, 0.25) is 0 Å². The van der Waals surface area contributed by atoms with Gasteiger partial charge in [0, 0.05) is 5.69 Å². The minimum absolute atomic E-state index is 0.0531. The summed E-state index contributed by atoms with van der Waals surface area (Å²) < 4.78 is 12.8. The molecule has 0 saturated heterocycles. The highest BCUT2D eigenvalue weighted by atomic mass is 32.2. The first-order valence-electron chi connectivity index (χ1n) is 8.59. The summed E-state index contributed by atoms with van der Waals surface area (Å²) in [4.78, 5) is 24.1. The average molecular weight is 372 g/mol. The molecule has 1 fully saturated rings. The van der Waals surface area contributed by atoms with Crippen molar-refractivity contribution in [1.82, 2.24) is 5.32 Å². The van der Waals surface area contributed by atoms with Gasteiger partial charge in [0.1, 0.15) is 5.82 Å². The molecule has 1 saturated carbocycles. The topological polar surface area (TPSA) is 58.2 Å². The van der Waals surface area contributed by atoms with Gasteiger partial charge in [0.2, 0.25) is 11.8 Å². The number of amides is 2. The number of rotatable bonds is 8. The van der Waals surface area contributed by atoms with Crippen LogP contribution in [0.25, 0.3) is 0 Å². The molecule has 2 aromatic rings. The molecule has 1 aliphatic rings. The summed E-state index contributed by atoms with van der Waals surface area (Å²) in [7, 11) is 0. The van der Waals surface area contributed by atoms with E-state index in [1.807, 2.05) is 30.3 Å². The molecule has 26 heavy (non-hydrogen) atoms. The van der Waals surface area contributed by atoms with Crippen LogP contribution in [0.5, 0.6) is 0 Å². The van der Waals surface area contributed by atoms with Crippen molar-refractivity contribution in [3.63, 3.8) is 0 Å². The molecule has 2 amide bonds. The Morgan fingerprint density at radius 3 is 2.31 bits per heavy atom. The maximum atomic E-state index is 12.8. The predicted molar refractivity (Wildman–Crippen MR) is 102 cm³/mol. The second-order valence-electron chi connectivity index (χ2n) is 6.34. The molecule has 6 heteroatoms. The Labute approximate surface area is 156 Å². The zero-order valence-corrected chi connectivity index (χ0v) is 15.1. The SMILES string of the molecule is O=C(CSCC(=O)NC(c1ccccc1)C1CC1)Nc1ccc(F)cc1. The largest absolute Gasteiger partial charge is 0.348 e. The van der Waals surface area contributed by atoms with Gasteiger partial charge in [0.15, 0.2) is 0 Å². The molecule has 0 aromatic heterocycles.